The fourth-order valence-electron chi connectivity index (χ4n) is 3.43. The van der Waals surface area contributed by atoms with E-state index in [-0.39, 0.29) is 18.7 Å². The van der Waals surface area contributed by atoms with Crippen molar-refractivity contribution in [2.24, 2.45) is 0 Å². The molecule has 0 aliphatic carbocycles. The Morgan fingerprint density at radius 1 is 0.969 bits per heavy atom. The standard InChI is InChI=1S/C21H22F2N6O2S/c1-15-6-7-24-20(12-15)25-19-4-5-21(27-26-19)28-8-10-29(11-9-28)32(30,31)14-16-13-17(22)2-3-18(16)23/h2-7,12-13H,8-11,14H2,1H3,(H,24,25,26). The van der Waals surface area contributed by atoms with Crippen LogP contribution in [0.2, 0.25) is 0 Å². The highest BCUT2D eigenvalue weighted by Crippen LogP contribution is 2.20. The molecule has 0 saturated carbocycles. The molecule has 1 fully saturated rings. The van der Waals surface area contributed by atoms with E-state index < -0.39 is 27.4 Å². The van der Waals surface area contributed by atoms with E-state index in [1.807, 2.05) is 24.0 Å². The van der Waals surface area contributed by atoms with Crippen LogP contribution < -0.4 is 10.2 Å². The van der Waals surface area contributed by atoms with Crippen LogP contribution in [0.4, 0.5) is 26.2 Å². The van der Waals surface area contributed by atoms with Gasteiger partial charge in [0.1, 0.15) is 17.5 Å². The van der Waals surface area contributed by atoms with Crippen molar-refractivity contribution >= 4 is 27.5 Å². The van der Waals surface area contributed by atoms with Crippen LogP contribution in [0, 0.1) is 18.6 Å². The van der Waals surface area contributed by atoms with Gasteiger partial charge in [-0.05, 0) is 55.0 Å². The molecule has 2 aromatic heterocycles. The van der Waals surface area contributed by atoms with Crippen molar-refractivity contribution in [2.45, 2.75) is 12.7 Å². The van der Waals surface area contributed by atoms with Crippen molar-refractivity contribution in [1.82, 2.24) is 19.5 Å². The van der Waals surface area contributed by atoms with Crippen LogP contribution in [-0.2, 0) is 15.8 Å². The number of aromatic nitrogens is 3. The lowest BCUT2D eigenvalue weighted by Gasteiger charge is -2.34. The van der Waals surface area contributed by atoms with Crippen LogP contribution in [0.3, 0.4) is 0 Å². The summed E-state index contributed by atoms with van der Waals surface area (Å²) in [6, 6.07) is 10.2. The van der Waals surface area contributed by atoms with Gasteiger partial charge in [-0.15, -0.1) is 10.2 Å². The summed E-state index contributed by atoms with van der Waals surface area (Å²) < 4.78 is 53.9. The highest BCUT2D eigenvalue weighted by molar-refractivity contribution is 7.88. The number of sulfonamides is 1. The largest absolute Gasteiger partial charge is 0.352 e. The average molecular weight is 461 g/mol. The summed E-state index contributed by atoms with van der Waals surface area (Å²) in [4.78, 5) is 6.15. The van der Waals surface area contributed by atoms with E-state index in [2.05, 4.69) is 20.5 Å². The number of aryl methyl sites for hydroxylation is 1. The molecule has 1 saturated heterocycles. The average Bonchev–Trinajstić information content (AvgIpc) is 2.77. The number of halogens is 2. The summed E-state index contributed by atoms with van der Waals surface area (Å²) >= 11 is 0. The maximum Gasteiger partial charge on any atom is 0.218 e. The zero-order chi connectivity index (χ0) is 22.7. The van der Waals surface area contributed by atoms with Gasteiger partial charge in [-0.3, -0.25) is 0 Å². The third-order valence-electron chi connectivity index (χ3n) is 5.12. The van der Waals surface area contributed by atoms with Gasteiger partial charge in [-0.1, -0.05) is 0 Å². The quantitative estimate of drug-likeness (QED) is 0.605. The lowest BCUT2D eigenvalue weighted by molar-refractivity contribution is 0.382. The first-order valence-corrected chi connectivity index (χ1v) is 11.6. The molecule has 1 aliphatic rings. The molecule has 0 unspecified atom stereocenters. The number of hydrogen-bond donors (Lipinski definition) is 1. The van der Waals surface area contributed by atoms with Gasteiger partial charge in [-0.25, -0.2) is 22.2 Å². The summed E-state index contributed by atoms with van der Waals surface area (Å²) in [5.41, 5.74) is 0.893. The van der Waals surface area contributed by atoms with Crippen LogP contribution in [-0.4, -0.2) is 54.1 Å². The van der Waals surface area contributed by atoms with E-state index in [1.165, 1.54) is 4.31 Å². The minimum Gasteiger partial charge on any atom is -0.352 e. The molecule has 3 aromatic rings. The third-order valence-corrected chi connectivity index (χ3v) is 6.95. The number of benzene rings is 1. The van der Waals surface area contributed by atoms with Gasteiger partial charge in [0.25, 0.3) is 0 Å². The molecule has 8 nitrogen and oxygen atoms in total. The molecule has 1 N–H and O–H groups in total. The van der Waals surface area contributed by atoms with E-state index in [1.54, 1.807) is 18.3 Å². The van der Waals surface area contributed by atoms with Crippen LogP contribution in [0.15, 0.2) is 48.7 Å². The zero-order valence-corrected chi connectivity index (χ0v) is 18.2. The Bertz CT molecular complexity index is 1200. The zero-order valence-electron chi connectivity index (χ0n) is 17.4. The molecule has 0 atom stereocenters. The van der Waals surface area contributed by atoms with E-state index in [0.717, 1.165) is 23.8 Å². The van der Waals surface area contributed by atoms with Crippen LogP contribution in [0.1, 0.15) is 11.1 Å². The summed E-state index contributed by atoms with van der Waals surface area (Å²) in [6.07, 6.45) is 1.70. The number of piperazine rings is 1. The Hall–Kier alpha value is -3.18. The van der Waals surface area contributed by atoms with Crippen molar-refractivity contribution in [3.05, 3.63) is 71.4 Å². The molecule has 32 heavy (non-hydrogen) atoms. The van der Waals surface area contributed by atoms with Gasteiger partial charge in [0.15, 0.2) is 11.6 Å². The molecular formula is C21H22F2N6O2S. The van der Waals surface area contributed by atoms with Gasteiger partial charge < -0.3 is 10.2 Å². The van der Waals surface area contributed by atoms with Gasteiger partial charge in [0.2, 0.25) is 10.0 Å². The number of rotatable bonds is 6. The van der Waals surface area contributed by atoms with E-state index in [4.69, 9.17) is 0 Å². The first-order chi connectivity index (χ1) is 15.3. The maximum atomic E-state index is 13.9. The molecule has 0 spiro atoms. The molecule has 1 aromatic carbocycles. The Morgan fingerprint density at radius 2 is 1.75 bits per heavy atom. The number of nitrogens with one attached hydrogen (secondary N) is 1. The van der Waals surface area contributed by atoms with Gasteiger partial charge in [-0.2, -0.15) is 4.31 Å². The van der Waals surface area contributed by atoms with Gasteiger partial charge in [0.05, 0.1) is 5.75 Å². The number of nitrogens with zero attached hydrogens (tertiary/aromatic N) is 5. The second-order valence-electron chi connectivity index (χ2n) is 7.50. The first kappa shape index (κ1) is 22.0. The lowest BCUT2D eigenvalue weighted by atomic mass is 10.2. The molecule has 4 rings (SSSR count). The predicted molar refractivity (Wildman–Crippen MR) is 117 cm³/mol. The van der Waals surface area contributed by atoms with Crippen LogP contribution in [0.5, 0.6) is 0 Å². The molecule has 1 aliphatic heterocycles. The number of hydrogen-bond acceptors (Lipinski definition) is 7. The summed E-state index contributed by atoms with van der Waals surface area (Å²) in [5.74, 6) is -0.148. The minimum atomic E-state index is -3.78. The summed E-state index contributed by atoms with van der Waals surface area (Å²) in [7, 11) is -3.78. The second kappa shape index (κ2) is 9.13. The Balaban J connectivity index is 1.36. The number of anilines is 3. The lowest BCUT2D eigenvalue weighted by Crippen LogP contribution is -2.49. The molecular weight excluding hydrogens is 438 g/mol. The monoisotopic (exact) mass is 460 g/mol. The highest BCUT2D eigenvalue weighted by atomic mass is 32.2. The van der Waals surface area contributed by atoms with E-state index in [9.17, 15) is 17.2 Å². The van der Waals surface area contributed by atoms with Crippen molar-refractivity contribution in [3.8, 4) is 0 Å². The third kappa shape index (κ3) is 5.17. The van der Waals surface area contributed by atoms with Gasteiger partial charge >= 0.3 is 0 Å². The SMILES string of the molecule is Cc1ccnc(Nc2ccc(N3CCN(S(=O)(=O)Cc4cc(F)ccc4F)CC3)nn2)c1. The van der Waals surface area contributed by atoms with Crippen molar-refractivity contribution in [2.75, 3.05) is 36.4 Å². The van der Waals surface area contributed by atoms with Crippen molar-refractivity contribution in [3.63, 3.8) is 0 Å². The molecule has 0 bridgehead atoms. The van der Waals surface area contributed by atoms with Crippen molar-refractivity contribution < 1.29 is 17.2 Å². The smallest absolute Gasteiger partial charge is 0.218 e. The minimum absolute atomic E-state index is 0.176. The van der Waals surface area contributed by atoms with E-state index in [0.29, 0.717) is 30.5 Å². The molecule has 11 heteroatoms. The van der Waals surface area contributed by atoms with Gasteiger partial charge in [0, 0.05) is 37.9 Å². The molecule has 0 radical (unpaired) electrons. The Morgan fingerprint density at radius 3 is 2.44 bits per heavy atom. The normalized spacial score (nSPS) is 15.0. The second-order valence-corrected chi connectivity index (χ2v) is 9.47. The van der Waals surface area contributed by atoms with Crippen LogP contribution in [0.25, 0.3) is 0 Å². The van der Waals surface area contributed by atoms with Crippen molar-refractivity contribution in [1.29, 1.82) is 0 Å². The topological polar surface area (TPSA) is 91.3 Å². The van der Waals surface area contributed by atoms with Crippen LogP contribution >= 0.6 is 0 Å². The fourth-order valence-corrected chi connectivity index (χ4v) is 4.95. The molecule has 3 heterocycles. The molecule has 0 amide bonds. The molecule has 168 valence electrons. The van der Waals surface area contributed by atoms with E-state index >= 15 is 0 Å². The Kier molecular flexibility index (Phi) is 6.28. The number of pyridine rings is 1. The summed E-state index contributed by atoms with van der Waals surface area (Å²) in [6.45, 7) is 3.22. The first-order valence-electron chi connectivity index (χ1n) is 10.0. The fraction of sp³-hybridized carbons (Fsp3) is 0.286. The maximum absolute atomic E-state index is 13.9. The predicted octanol–water partition coefficient (Wildman–Crippen LogP) is 2.85. The summed E-state index contributed by atoms with van der Waals surface area (Å²) in [5, 5.41) is 11.5. The highest BCUT2D eigenvalue weighted by Gasteiger charge is 2.28. The Labute approximate surface area is 185 Å².